The molecule has 3 saturated heterocycles. The minimum atomic E-state index is -2.80. The van der Waals surface area contributed by atoms with Gasteiger partial charge in [0.2, 0.25) is 11.9 Å². The van der Waals surface area contributed by atoms with E-state index in [1.165, 1.54) is 0 Å². The molecular formula is C16H22F2N6O. The first-order chi connectivity index (χ1) is 12.0. The highest BCUT2D eigenvalue weighted by Crippen LogP contribution is 2.50. The zero-order valence-electron chi connectivity index (χ0n) is 13.9. The number of hydrogen-bond acceptors (Lipinski definition) is 6. The molecular weight excluding hydrogens is 330 g/mol. The minimum Gasteiger partial charge on any atom is -0.340 e. The first-order valence-electron chi connectivity index (χ1n) is 8.68. The molecule has 0 saturated carbocycles. The maximum atomic E-state index is 14.8. The molecule has 0 bridgehead atoms. The molecule has 7 nitrogen and oxygen atoms in total. The first kappa shape index (κ1) is 16.6. The summed E-state index contributed by atoms with van der Waals surface area (Å²) in [7, 11) is 0. The number of alkyl halides is 2. The van der Waals surface area contributed by atoms with E-state index in [0.717, 1.165) is 0 Å². The normalized spacial score (nSPS) is 31.7. The van der Waals surface area contributed by atoms with Crippen LogP contribution in [0.5, 0.6) is 0 Å². The van der Waals surface area contributed by atoms with Crippen LogP contribution >= 0.6 is 0 Å². The molecule has 2 unspecified atom stereocenters. The predicted molar refractivity (Wildman–Crippen MR) is 87.0 cm³/mol. The van der Waals surface area contributed by atoms with E-state index in [1.807, 2.05) is 0 Å². The van der Waals surface area contributed by atoms with Crippen LogP contribution in [0.15, 0.2) is 18.5 Å². The SMILES string of the molecule is O=C(C1CCNN1)N1CCC(F)(F)C2(CCN(c3ncccn3)C2)C1. The molecule has 3 aliphatic rings. The highest BCUT2D eigenvalue weighted by Gasteiger charge is 2.60. The van der Waals surface area contributed by atoms with Gasteiger partial charge in [0.1, 0.15) is 6.04 Å². The Morgan fingerprint density at radius 3 is 2.72 bits per heavy atom. The zero-order chi connectivity index (χ0) is 17.5. The summed E-state index contributed by atoms with van der Waals surface area (Å²) in [5.41, 5.74) is 4.63. The zero-order valence-corrected chi connectivity index (χ0v) is 13.9. The average Bonchev–Trinajstić information content (AvgIpc) is 3.29. The summed E-state index contributed by atoms with van der Waals surface area (Å²) in [4.78, 5) is 24.4. The summed E-state index contributed by atoms with van der Waals surface area (Å²) >= 11 is 0. The molecule has 136 valence electrons. The number of nitrogens with one attached hydrogen (secondary N) is 2. The van der Waals surface area contributed by atoms with Crippen molar-refractivity contribution in [3.05, 3.63) is 18.5 Å². The third-order valence-corrected chi connectivity index (χ3v) is 5.60. The van der Waals surface area contributed by atoms with Crippen LogP contribution in [-0.2, 0) is 4.79 Å². The van der Waals surface area contributed by atoms with Crippen molar-refractivity contribution in [2.75, 3.05) is 37.6 Å². The smallest absolute Gasteiger partial charge is 0.258 e. The topological polar surface area (TPSA) is 73.4 Å². The number of carbonyl (C=O) groups is 1. The van der Waals surface area contributed by atoms with Crippen LogP contribution in [-0.4, -0.2) is 65.5 Å². The van der Waals surface area contributed by atoms with Gasteiger partial charge in [0.05, 0.1) is 5.41 Å². The van der Waals surface area contributed by atoms with E-state index in [-0.39, 0.29) is 38.0 Å². The Morgan fingerprint density at radius 1 is 1.20 bits per heavy atom. The minimum absolute atomic E-state index is 0.0837. The molecule has 2 atom stereocenters. The molecule has 1 spiro atoms. The Kier molecular flexibility index (Phi) is 4.07. The van der Waals surface area contributed by atoms with E-state index in [0.29, 0.717) is 31.9 Å². The van der Waals surface area contributed by atoms with Gasteiger partial charge in [-0.3, -0.25) is 10.2 Å². The van der Waals surface area contributed by atoms with Gasteiger partial charge in [0, 0.05) is 51.5 Å². The largest absolute Gasteiger partial charge is 0.340 e. The number of amides is 1. The lowest BCUT2D eigenvalue weighted by molar-refractivity contribution is -0.169. The molecule has 25 heavy (non-hydrogen) atoms. The van der Waals surface area contributed by atoms with Crippen molar-refractivity contribution < 1.29 is 13.6 Å². The van der Waals surface area contributed by atoms with Crippen molar-refractivity contribution in [2.45, 2.75) is 31.2 Å². The van der Waals surface area contributed by atoms with E-state index in [4.69, 9.17) is 0 Å². The fourth-order valence-corrected chi connectivity index (χ4v) is 4.10. The highest BCUT2D eigenvalue weighted by molar-refractivity contribution is 5.82. The maximum Gasteiger partial charge on any atom is 0.258 e. The van der Waals surface area contributed by atoms with Gasteiger partial charge in [-0.15, -0.1) is 0 Å². The quantitative estimate of drug-likeness (QED) is 0.803. The fourth-order valence-electron chi connectivity index (χ4n) is 4.10. The molecule has 1 amide bonds. The average molecular weight is 352 g/mol. The number of hydrazine groups is 1. The molecule has 9 heteroatoms. The van der Waals surface area contributed by atoms with Crippen LogP contribution in [0.2, 0.25) is 0 Å². The lowest BCUT2D eigenvalue weighted by atomic mass is 9.75. The molecule has 3 aliphatic heterocycles. The van der Waals surface area contributed by atoms with Gasteiger partial charge in [0.15, 0.2) is 0 Å². The second-order valence-electron chi connectivity index (χ2n) is 7.13. The van der Waals surface area contributed by atoms with Gasteiger partial charge < -0.3 is 9.80 Å². The van der Waals surface area contributed by atoms with Crippen molar-refractivity contribution in [1.82, 2.24) is 25.7 Å². The summed E-state index contributed by atoms with van der Waals surface area (Å²) in [6.07, 6.45) is 3.95. The third-order valence-electron chi connectivity index (χ3n) is 5.60. The number of piperidine rings is 1. The third kappa shape index (κ3) is 2.85. The summed E-state index contributed by atoms with van der Waals surface area (Å²) in [6, 6.07) is 1.38. The van der Waals surface area contributed by atoms with Crippen LogP contribution in [0.25, 0.3) is 0 Å². The molecule has 0 aliphatic carbocycles. The van der Waals surface area contributed by atoms with Gasteiger partial charge in [-0.2, -0.15) is 0 Å². The summed E-state index contributed by atoms with van der Waals surface area (Å²) in [5, 5.41) is 0. The van der Waals surface area contributed by atoms with E-state index in [9.17, 15) is 13.6 Å². The molecule has 3 fully saturated rings. The van der Waals surface area contributed by atoms with Gasteiger partial charge >= 0.3 is 0 Å². The van der Waals surface area contributed by atoms with Crippen LogP contribution in [0.3, 0.4) is 0 Å². The number of carbonyl (C=O) groups excluding carboxylic acids is 1. The molecule has 1 aromatic rings. The number of hydrogen-bond donors (Lipinski definition) is 2. The number of anilines is 1. The van der Waals surface area contributed by atoms with Crippen LogP contribution in [0.1, 0.15) is 19.3 Å². The second-order valence-corrected chi connectivity index (χ2v) is 7.13. The van der Waals surface area contributed by atoms with Crippen LogP contribution in [0.4, 0.5) is 14.7 Å². The Bertz CT molecular complexity index is 639. The monoisotopic (exact) mass is 352 g/mol. The maximum absolute atomic E-state index is 14.8. The summed E-state index contributed by atoms with van der Waals surface area (Å²) in [5.74, 6) is -2.41. The highest BCUT2D eigenvalue weighted by atomic mass is 19.3. The summed E-state index contributed by atoms with van der Waals surface area (Å²) in [6.45, 7) is 1.55. The van der Waals surface area contributed by atoms with E-state index >= 15 is 0 Å². The van der Waals surface area contributed by atoms with Crippen molar-refractivity contribution in [3.8, 4) is 0 Å². The van der Waals surface area contributed by atoms with Crippen LogP contribution in [0, 0.1) is 5.41 Å². The van der Waals surface area contributed by atoms with E-state index in [1.54, 1.807) is 28.3 Å². The lowest BCUT2D eigenvalue weighted by Crippen LogP contribution is -2.60. The van der Waals surface area contributed by atoms with E-state index < -0.39 is 11.3 Å². The number of halogens is 2. The lowest BCUT2D eigenvalue weighted by Gasteiger charge is -2.46. The summed E-state index contributed by atoms with van der Waals surface area (Å²) < 4.78 is 29.7. The fraction of sp³-hybridized carbons (Fsp3) is 0.688. The molecule has 1 aromatic heterocycles. The number of nitrogens with zero attached hydrogens (tertiary/aromatic N) is 4. The van der Waals surface area contributed by atoms with Crippen molar-refractivity contribution >= 4 is 11.9 Å². The number of aromatic nitrogens is 2. The molecule has 4 rings (SSSR count). The molecule has 2 N–H and O–H groups in total. The van der Waals surface area contributed by atoms with Crippen molar-refractivity contribution in [3.63, 3.8) is 0 Å². The van der Waals surface area contributed by atoms with Gasteiger partial charge in [-0.05, 0) is 18.9 Å². The second kappa shape index (κ2) is 6.14. The molecule has 0 aromatic carbocycles. The standard InChI is InChI=1S/C16H22F2N6O/c17-16(18)4-9-23(13(25)12-2-7-21-22-12)10-15(16)3-8-24(11-15)14-19-5-1-6-20-14/h1,5-6,12,21-22H,2-4,7-11H2. The Hall–Kier alpha value is -1.87. The Labute approximate surface area is 144 Å². The number of likely N-dealkylation sites (tertiary alicyclic amines) is 1. The number of rotatable bonds is 2. The first-order valence-corrected chi connectivity index (χ1v) is 8.68. The van der Waals surface area contributed by atoms with Crippen molar-refractivity contribution in [2.24, 2.45) is 5.41 Å². The van der Waals surface area contributed by atoms with Crippen LogP contribution < -0.4 is 15.8 Å². The van der Waals surface area contributed by atoms with Gasteiger partial charge in [0.25, 0.3) is 5.92 Å². The molecule has 4 heterocycles. The van der Waals surface area contributed by atoms with E-state index in [2.05, 4.69) is 20.8 Å². The Balaban J connectivity index is 1.53. The van der Waals surface area contributed by atoms with Gasteiger partial charge in [-0.25, -0.2) is 24.2 Å². The molecule has 0 radical (unpaired) electrons. The predicted octanol–water partition coefficient (Wildman–Crippen LogP) is 0.407. The van der Waals surface area contributed by atoms with Crippen molar-refractivity contribution in [1.29, 1.82) is 0 Å². The Morgan fingerprint density at radius 2 is 2.00 bits per heavy atom. The van der Waals surface area contributed by atoms with Gasteiger partial charge in [-0.1, -0.05) is 0 Å².